The molecule has 0 aliphatic heterocycles. The molecule has 0 bridgehead atoms. The van der Waals surface area contributed by atoms with Crippen molar-refractivity contribution in [1.29, 1.82) is 0 Å². The Hall–Kier alpha value is -3.15. The van der Waals surface area contributed by atoms with Gasteiger partial charge in [-0.2, -0.15) is 5.10 Å². The van der Waals surface area contributed by atoms with E-state index < -0.39 is 0 Å². The minimum Gasteiger partial charge on any atom is -0.389 e. The van der Waals surface area contributed by atoms with E-state index in [0.29, 0.717) is 18.0 Å². The predicted octanol–water partition coefficient (Wildman–Crippen LogP) is 3.34. The molecule has 0 saturated carbocycles. The van der Waals surface area contributed by atoms with E-state index in [1.54, 1.807) is 10.9 Å². The molecule has 0 aliphatic carbocycles. The maximum Gasteiger partial charge on any atom is 0.171 e. The van der Waals surface area contributed by atoms with Gasteiger partial charge in [0.2, 0.25) is 0 Å². The second-order valence-corrected chi connectivity index (χ2v) is 6.49. The lowest BCUT2D eigenvalue weighted by Gasteiger charge is -2.06. The van der Waals surface area contributed by atoms with E-state index in [4.69, 9.17) is 10.6 Å². The van der Waals surface area contributed by atoms with Crippen LogP contribution >= 0.6 is 0 Å². The number of aromatic nitrogens is 3. The lowest BCUT2D eigenvalue weighted by molar-refractivity contribution is 0.130. The molecule has 0 fully saturated rings. The highest BCUT2D eigenvalue weighted by Gasteiger charge is 2.06. The molecule has 3 aromatic rings. The van der Waals surface area contributed by atoms with Gasteiger partial charge in [0, 0.05) is 17.5 Å². The quantitative estimate of drug-likeness (QED) is 0.435. The lowest BCUT2D eigenvalue weighted by Crippen LogP contribution is -2.15. The maximum atomic E-state index is 6.00. The molecule has 2 N–H and O–H groups in total. The molecule has 0 amide bonds. The van der Waals surface area contributed by atoms with E-state index in [1.165, 1.54) is 11.1 Å². The average Bonchev–Trinajstić information content (AvgIpc) is 2.92. The van der Waals surface area contributed by atoms with Crippen LogP contribution in [-0.2, 0) is 11.4 Å². The van der Waals surface area contributed by atoms with E-state index >= 15 is 0 Å². The van der Waals surface area contributed by atoms with Crippen LogP contribution in [0.15, 0.2) is 47.8 Å². The molecule has 1 aromatic carbocycles. The molecule has 0 saturated heterocycles. The molecular formula is C20H23N5O. The second-order valence-electron chi connectivity index (χ2n) is 6.49. The van der Waals surface area contributed by atoms with Gasteiger partial charge in [0.25, 0.3) is 0 Å². The maximum absolute atomic E-state index is 6.00. The van der Waals surface area contributed by atoms with Crippen molar-refractivity contribution in [2.24, 2.45) is 10.9 Å². The fourth-order valence-corrected chi connectivity index (χ4v) is 2.91. The number of rotatable bonds is 5. The van der Waals surface area contributed by atoms with Gasteiger partial charge < -0.3 is 10.6 Å². The topological polar surface area (TPSA) is 78.3 Å². The van der Waals surface area contributed by atoms with Crippen molar-refractivity contribution in [1.82, 2.24) is 14.8 Å². The molecule has 0 unspecified atom stereocenters. The summed E-state index contributed by atoms with van der Waals surface area (Å²) in [6.45, 7) is 8.44. The van der Waals surface area contributed by atoms with Crippen molar-refractivity contribution in [3.8, 4) is 5.82 Å². The molecule has 2 aromatic heterocycles. The summed E-state index contributed by atoms with van der Waals surface area (Å²) in [7, 11) is 0. The average molecular weight is 349 g/mol. The number of nitrogens with zero attached hydrogens (tertiary/aromatic N) is 4. The molecule has 2 heterocycles. The van der Waals surface area contributed by atoms with E-state index in [1.807, 2.05) is 32.0 Å². The number of amidine groups is 1. The summed E-state index contributed by atoms with van der Waals surface area (Å²) in [5.74, 6) is 1.03. The van der Waals surface area contributed by atoms with Gasteiger partial charge in [-0.1, -0.05) is 34.5 Å². The smallest absolute Gasteiger partial charge is 0.171 e. The summed E-state index contributed by atoms with van der Waals surface area (Å²) in [4.78, 5) is 9.82. The zero-order valence-corrected chi connectivity index (χ0v) is 15.5. The van der Waals surface area contributed by atoms with Crippen LogP contribution in [0, 0.1) is 27.7 Å². The van der Waals surface area contributed by atoms with Gasteiger partial charge in [-0.15, -0.1) is 0 Å². The standard InChI is InChI=1S/C20H23N5O/c1-13-7-14(2)9-17(8-13)12-26-24-20(21)18-5-6-19(22-11-18)25-16(4)10-15(3)23-25/h5-11H,12H2,1-4H3,(H2,21,24). The van der Waals surface area contributed by atoms with Gasteiger partial charge in [0.1, 0.15) is 6.61 Å². The first-order valence-electron chi connectivity index (χ1n) is 8.45. The number of hydrogen-bond donors (Lipinski definition) is 1. The molecule has 6 nitrogen and oxygen atoms in total. The Labute approximate surface area is 153 Å². The summed E-state index contributed by atoms with van der Waals surface area (Å²) in [6.07, 6.45) is 1.67. The van der Waals surface area contributed by atoms with Crippen molar-refractivity contribution in [3.63, 3.8) is 0 Å². The number of benzene rings is 1. The van der Waals surface area contributed by atoms with Gasteiger partial charge in [0.15, 0.2) is 11.7 Å². The van der Waals surface area contributed by atoms with Gasteiger partial charge in [0.05, 0.1) is 5.69 Å². The summed E-state index contributed by atoms with van der Waals surface area (Å²) < 4.78 is 1.79. The Balaban J connectivity index is 1.68. The molecule has 3 rings (SSSR count). The summed E-state index contributed by atoms with van der Waals surface area (Å²) in [5, 5.41) is 8.43. The van der Waals surface area contributed by atoms with Crippen LogP contribution in [0.25, 0.3) is 5.82 Å². The van der Waals surface area contributed by atoms with Crippen LogP contribution in [0.3, 0.4) is 0 Å². The Morgan fingerprint density at radius 1 is 1.08 bits per heavy atom. The van der Waals surface area contributed by atoms with Gasteiger partial charge in [-0.3, -0.25) is 0 Å². The number of pyridine rings is 1. The Morgan fingerprint density at radius 2 is 1.81 bits per heavy atom. The van der Waals surface area contributed by atoms with E-state index in [-0.39, 0.29) is 0 Å². The van der Waals surface area contributed by atoms with Crippen molar-refractivity contribution in [2.75, 3.05) is 0 Å². The van der Waals surface area contributed by atoms with Crippen LogP contribution in [0.1, 0.15) is 33.6 Å². The highest BCUT2D eigenvalue weighted by molar-refractivity contribution is 5.96. The van der Waals surface area contributed by atoms with Crippen molar-refractivity contribution < 1.29 is 4.84 Å². The first kappa shape index (κ1) is 17.7. The van der Waals surface area contributed by atoms with Crippen LogP contribution in [-0.4, -0.2) is 20.6 Å². The first-order valence-corrected chi connectivity index (χ1v) is 8.45. The fraction of sp³-hybridized carbons (Fsp3) is 0.250. The molecule has 0 spiro atoms. The van der Waals surface area contributed by atoms with Gasteiger partial charge >= 0.3 is 0 Å². The summed E-state index contributed by atoms with van der Waals surface area (Å²) in [5.41, 5.74) is 12.2. The molecular weight excluding hydrogens is 326 g/mol. The Kier molecular flexibility index (Phi) is 5.02. The molecule has 0 radical (unpaired) electrons. The van der Waals surface area contributed by atoms with Crippen LogP contribution in [0.4, 0.5) is 0 Å². The Morgan fingerprint density at radius 3 is 2.38 bits per heavy atom. The minimum absolute atomic E-state index is 0.293. The predicted molar refractivity (Wildman–Crippen MR) is 102 cm³/mol. The molecule has 0 aliphatic rings. The molecule has 0 atom stereocenters. The van der Waals surface area contributed by atoms with Crippen LogP contribution in [0.5, 0.6) is 0 Å². The summed E-state index contributed by atoms with van der Waals surface area (Å²) in [6, 6.07) is 12.0. The monoisotopic (exact) mass is 349 g/mol. The zero-order chi connectivity index (χ0) is 18.7. The summed E-state index contributed by atoms with van der Waals surface area (Å²) >= 11 is 0. The largest absolute Gasteiger partial charge is 0.389 e. The van der Waals surface area contributed by atoms with E-state index in [0.717, 1.165) is 22.8 Å². The third-order valence-corrected chi connectivity index (χ3v) is 3.95. The molecule has 6 heteroatoms. The SMILES string of the molecule is Cc1cc(C)cc(CO/N=C(\N)c2ccc(-n3nc(C)cc3C)nc2)c1. The lowest BCUT2D eigenvalue weighted by atomic mass is 10.1. The third-order valence-electron chi connectivity index (χ3n) is 3.95. The van der Waals surface area contributed by atoms with Crippen LogP contribution in [0.2, 0.25) is 0 Å². The third kappa shape index (κ3) is 4.08. The van der Waals surface area contributed by atoms with Gasteiger partial charge in [-0.05, 0) is 51.5 Å². The number of aryl methyl sites for hydroxylation is 4. The van der Waals surface area contributed by atoms with Crippen molar-refractivity contribution in [2.45, 2.75) is 34.3 Å². The normalized spacial score (nSPS) is 11.6. The Bertz CT molecular complexity index is 921. The van der Waals surface area contributed by atoms with Crippen LogP contribution < -0.4 is 5.73 Å². The van der Waals surface area contributed by atoms with Gasteiger partial charge in [-0.25, -0.2) is 9.67 Å². The zero-order valence-electron chi connectivity index (χ0n) is 15.5. The molecule has 26 heavy (non-hydrogen) atoms. The van der Waals surface area contributed by atoms with Crippen molar-refractivity contribution in [3.05, 3.63) is 76.2 Å². The van der Waals surface area contributed by atoms with Crippen molar-refractivity contribution >= 4 is 5.84 Å². The number of hydrogen-bond acceptors (Lipinski definition) is 4. The van der Waals surface area contributed by atoms with E-state index in [2.05, 4.69) is 47.3 Å². The first-order chi connectivity index (χ1) is 12.4. The second kappa shape index (κ2) is 7.39. The fourth-order valence-electron chi connectivity index (χ4n) is 2.91. The molecule has 134 valence electrons. The van der Waals surface area contributed by atoms with E-state index in [9.17, 15) is 0 Å². The number of nitrogens with two attached hydrogens (primary N) is 1. The highest BCUT2D eigenvalue weighted by atomic mass is 16.6. The highest BCUT2D eigenvalue weighted by Crippen LogP contribution is 2.12. The number of oxime groups is 1. The minimum atomic E-state index is 0.293.